The van der Waals surface area contributed by atoms with Gasteiger partial charge in [0.1, 0.15) is 9.90 Å². The highest BCUT2D eigenvalue weighted by Crippen LogP contribution is 2.36. The number of sulfonamides is 1. The van der Waals surface area contributed by atoms with Gasteiger partial charge in [-0.15, -0.1) is 11.3 Å². The molecule has 1 N–H and O–H groups in total. The molecular formula is C9H4ClF2N3O4S2. The lowest BCUT2D eigenvalue weighted by atomic mass is 10.4. The van der Waals surface area contributed by atoms with Crippen LogP contribution in [0.5, 0.6) is 0 Å². The van der Waals surface area contributed by atoms with E-state index in [1.807, 2.05) is 0 Å². The molecule has 7 nitrogen and oxygen atoms in total. The Bertz CT molecular complexity index is 824. The molecule has 0 saturated heterocycles. The van der Waals surface area contributed by atoms with Crippen LogP contribution in [0.3, 0.4) is 0 Å². The first kappa shape index (κ1) is 15.5. The summed E-state index contributed by atoms with van der Waals surface area (Å²) in [6, 6.07) is 2.33. The van der Waals surface area contributed by atoms with Gasteiger partial charge in [-0.2, -0.15) is 13.8 Å². The maximum absolute atomic E-state index is 13.3. The van der Waals surface area contributed by atoms with E-state index in [1.54, 1.807) is 4.72 Å². The van der Waals surface area contributed by atoms with Crippen molar-refractivity contribution < 1.29 is 22.1 Å². The molecule has 21 heavy (non-hydrogen) atoms. The van der Waals surface area contributed by atoms with Crippen molar-refractivity contribution in [2.75, 3.05) is 4.72 Å². The van der Waals surface area contributed by atoms with E-state index in [0.29, 0.717) is 11.3 Å². The Morgan fingerprint density at radius 2 is 2.05 bits per heavy atom. The van der Waals surface area contributed by atoms with Crippen LogP contribution in [0.2, 0.25) is 4.34 Å². The van der Waals surface area contributed by atoms with Gasteiger partial charge in [0.25, 0.3) is 15.7 Å². The number of rotatable bonds is 4. The lowest BCUT2D eigenvalue weighted by molar-refractivity contribution is -0.384. The topological polar surface area (TPSA) is 102 Å². The van der Waals surface area contributed by atoms with Crippen LogP contribution in [0.4, 0.5) is 20.2 Å². The highest BCUT2D eigenvalue weighted by Gasteiger charge is 2.26. The molecule has 0 atom stereocenters. The zero-order chi connectivity index (χ0) is 15.8. The van der Waals surface area contributed by atoms with Crippen LogP contribution in [-0.2, 0) is 10.0 Å². The lowest BCUT2D eigenvalue weighted by Crippen LogP contribution is -2.13. The van der Waals surface area contributed by atoms with Crippen LogP contribution in [0.15, 0.2) is 22.4 Å². The molecule has 2 aromatic heterocycles. The minimum absolute atomic E-state index is 0.335. The molecule has 2 rings (SSSR count). The SMILES string of the molecule is O=[N+]([O-])c1cc(S(=O)(=O)Nc2ccc(F)nc2F)sc1Cl. The molecule has 0 aromatic carbocycles. The Morgan fingerprint density at radius 1 is 1.38 bits per heavy atom. The van der Waals surface area contributed by atoms with Gasteiger partial charge >= 0.3 is 0 Å². The number of anilines is 1. The van der Waals surface area contributed by atoms with Gasteiger partial charge in [0.15, 0.2) is 4.34 Å². The molecule has 0 aliphatic carbocycles. The molecule has 0 aliphatic heterocycles. The van der Waals surface area contributed by atoms with Gasteiger partial charge in [0.05, 0.1) is 4.92 Å². The van der Waals surface area contributed by atoms with Crippen LogP contribution in [0.1, 0.15) is 0 Å². The van der Waals surface area contributed by atoms with Crippen LogP contribution in [0, 0.1) is 22.0 Å². The van der Waals surface area contributed by atoms with Gasteiger partial charge in [-0.1, -0.05) is 11.6 Å². The highest BCUT2D eigenvalue weighted by atomic mass is 35.5. The van der Waals surface area contributed by atoms with Crippen LogP contribution in [-0.4, -0.2) is 18.3 Å². The van der Waals surface area contributed by atoms with Crippen molar-refractivity contribution in [3.8, 4) is 0 Å². The molecule has 0 spiro atoms. The maximum atomic E-state index is 13.3. The summed E-state index contributed by atoms with van der Waals surface area (Å²) in [5.41, 5.74) is -1.18. The second kappa shape index (κ2) is 5.50. The third kappa shape index (κ3) is 3.25. The van der Waals surface area contributed by atoms with E-state index in [4.69, 9.17) is 11.6 Å². The summed E-state index contributed by atoms with van der Waals surface area (Å²) in [5, 5.41) is 10.6. The summed E-state index contributed by atoms with van der Waals surface area (Å²) in [5.74, 6) is -2.49. The summed E-state index contributed by atoms with van der Waals surface area (Å²) >= 11 is 5.98. The predicted octanol–water partition coefficient (Wildman–Crippen LogP) is 2.78. The molecule has 0 fully saturated rings. The molecule has 0 radical (unpaired) electrons. The number of thiophene rings is 1. The molecule has 0 amide bonds. The minimum atomic E-state index is -4.31. The Kier molecular flexibility index (Phi) is 4.07. The van der Waals surface area contributed by atoms with Crippen molar-refractivity contribution in [1.29, 1.82) is 0 Å². The average molecular weight is 356 g/mol. The fourth-order valence-electron chi connectivity index (χ4n) is 1.28. The fraction of sp³-hybridized carbons (Fsp3) is 0. The normalized spacial score (nSPS) is 11.4. The molecule has 0 bridgehead atoms. The molecule has 0 unspecified atom stereocenters. The van der Waals surface area contributed by atoms with Gasteiger partial charge in [0, 0.05) is 6.07 Å². The smallest absolute Gasteiger partial charge is 0.274 e. The van der Waals surface area contributed by atoms with E-state index in [0.717, 1.165) is 18.2 Å². The van der Waals surface area contributed by atoms with Crippen LogP contribution >= 0.6 is 22.9 Å². The van der Waals surface area contributed by atoms with Crippen molar-refractivity contribution in [3.63, 3.8) is 0 Å². The first-order valence-corrected chi connectivity index (χ1v) is 7.67. The van der Waals surface area contributed by atoms with Crippen molar-refractivity contribution in [1.82, 2.24) is 4.98 Å². The second-order valence-corrected chi connectivity index (χ2v) is 7.12. The number of nitrogens with zero attached hydrogens (tertiary/aromatic N) is 2. The molecular weight excluding hydrogens is 352 g/mol. The van der Waals surface area contributed by atoms with Crippen LogP contribution in [0.25, 0.3) is 0 Å². The zero-order valence-corrected chi connectivity index (χ0v) is 12.1. The van der Waals surface area contributed by atoms with Gasteiger partial charge in [0.2, 0.25) is 11.9 Å². The zero-order valence-electron chi connectivity index (χ0n) is 9.71. The molecule has 112 valence electrons. The number of pyridine rings is 1. The van der Waals surface area contributed by atoms with E-state index in [9.17, 15) is 27.3 Å². The van der Waals surface area contributed by atoms with E-state index in [-0.39, 0.29) is 4.34 Å². The van der Waals surface area contributed by atoms with E-state index >= 15 is 0 Å². The summed E-state index contributed by atoms with van der Waals surface area (Å²) in [4.78, 5) is 12.6. The number of nitrogens with one attached hydrogen (secondary N) is 1. The first-order valence-electron chi connectivity index (χ1n) is 4.99. The molecule has 2 aromatic rings. The number of hydrogen-bond donors (Lipinski definition) is 1. The fourth-order valence-corrected chi connectivity index (χ4v) is 4.00. The van der Waals surface area contributed by atoms with Gasteiger partial charge in [-0.05, 0) is 12.1 Å². The highest BCUT2D eigenvalue weighted by molar-refractivity contribution is 7.94. The maximum Gasteiger partial charge on any atom is 0.300 e. The van der Waals surface area contributed by atoms with Crippen molar-refractivity contribution in [2.45, 2.75) is 4.21 Å². The van der Waals surface area contributed by atoms with E-state index in [2.05, 4.69) is 4.98 Å². The number of nitro groups is 1. The predicted molar refractivity (Wildman–Crippen MR) is 70.9 cm³/mol. The third-order valence-electron chi connectivity index (χ3n) is 2.17. The molecule has 12 heteroatoms. The quantitative estimate of drug-likeness (QED) is 0.516. The summed E-state index contributed by atoms with van der Waals surface area (Å²) in [6.45, 7) is 0. The Hall–Kier alpha value is -1.85. The molecule has 0 saturated carbocycles. The van der Waals surface area contributed by atoms with Gasteiger partial charge in [-0.25, -0.2) is 8.42 Å². The van der Waals surface area contributed by atoms with Crippen molar-refractivity contribution in [2.24, 2.45) is 0 Å². The van der Waals surface area contributed by atoms with E-state index in [1.165, 1.54) is 0 Å². The largest absolute Gasteiger partial charge is 0.300 e. The number of halogens is 3. The standard InChI is InChI=1S/C9H4ClF2N3O4S2/c10-8-5(15(16)17)3-7(20-8)21(18,19)14-4-1-2-6(11)13-9(4)12/h1-3,14H. The monoisotopic (exact) mass is 355 g/mol. The average Bonchev–Trinajstić information content (AvgIpc) is 2.76. The van der Waals surface area contributed by atoms with E-state index < -0.39 is 42.4 Å². The molecule has 0 aliphatic rings. The summed E-state index contributed by atoms with van der Waals surface area (Å²) < 4.78 is 50.8. The minimum Gasteiger partial charge on any atom is -0.274 e. The molecule has 2 heterocycles. The Labute approximate surface area is 125 Å². The Morgan fingerprint density at radius 3 is 2.57 bits per heavy atom. The first-order chi connectivity index (χ1) is 9.70. The second-order valence-electron chi connectivity index (χ2n) is 3.56. The number of aromatic nitrogens is 1. The van der Waals surface area contributed by atoms with Gasteiger partial charge in [-0.3, -0.25) is 14.8 Å². The third-order valence-corrected chi connectivity index (χ3v) is 5.34. The number of hydrogen-bond acceptors (Lipinski definition) is 6. The Balaban J connectivity index is 2.38. The summed E-state index contributed by atoms with van der Waals surface area (Å²) in [6.07, 6.45) is 0. The lowest BCUT2D eigenvalue weighted by Gasteiger charge is -2.06. The summed E-state index contributed by atoms with van der Waals surface area (Å²) in [7, 11) is -4.31. The van der Waals surface area contributed by atoms with Gasteiger partial charge < -0.3 is 0 Å². The van der Waals surface area contributed by atoms with Crippen LogP contribution < -0.4 is 4.72 Å². The van der Waals surface area contributed by atoms with Crippen molar-refractivity contribution in [3.05, 3.63) is 44.5 Å². The van der Waals surface area contributed by atoms with Crippen molar-refractivity contribution >= 4 is 44.3 Å².